The van der Waals surface area contributed by atoms with Gasteiger partial charge < -0.3 is 10.1 Å². The van der Waals surface area contributed by atoms with Crippen molar-refractivity contribution in [1.82, 2.24) is 9.38 Å². The Bertz CT molecular complexity index is 419. The topological polar surface area (TPSA) is 43.3 Å². The van der Waals surface area contributed by atoms with Crippen molar-refractivity contribution < 1.29 is 0 Å². The van der Waals surface area contributed by atoms with E-state index in [1.807, 2.05) is 16.8 Å². The second-order valence-electron chi connectivity index (χ2n) is 3.55. The summed E-state index contributed by atoms with van der Waals surface area (Å²) in [6.07, 6.45) is 7.87. The van der Waals surface area contributed by atoms with E-state index in [9.17, 15) is 0 Å². The van der Waals surface area contributed by atoms with Gasteiger partial charge in [0, 0.05) is 24.6 Å². The van der Waals surface area contributed by atoms with Crippen LogP contribution in [0.1, 0.15) is 31.4 Å². The van der Waals surface area contributed by atoms with Crippen LogP contribution in [-0.2, 0) is 0 Å². The first-order valence-corrected chi connectivity index (χ1v) is 4.99. The van der Waals surface area contributed by atoms with E-state index in [-0.39, 0.29) is 6.04 Å². The predicted molar refractivity (Wildman–Crippen MR) is 57.0 cm³/mol. The highest BCUT2D eigenvalue weighted by Crippen LogP contribution is 2.16. The lowest BCUT2D eigenvalue weighted by atomic mass is 10.1. The van der Waals surface area contributed by atoms with Crippen LogP contribution < -0.4 is 5.73 Å². The third kappa shape index (κ3) is 1.63. The van der Waals surface area contributed by atoms with E-state index >= 15 is 0 Å². The fourth-order valence-electron chi connectivity index (χ4n) is 1.63. The van der Waals surface area contributed by atoms with Gasteiger partial charge in [-0.3, -0.25) is 0 Å². The molecule has 2 aromatic heterocycles. The van der Waals surface area contributed by atoms with Gasteiger partial charge in [-0.15, -0.1) is 0 Å². The van der Waals surface area contributed by atoms with Gasteiger partial charge >= 0.3 is 0 Å². The summed E-state index contributed by atoms with van der Waals surface area (Å²) in [4.78, 5) is 4.23. The lowest BCUT2D eigenvalue weighted by Crippen LogP contribution is -2.09. The molecule has 2 rings (SSSR count). The van der Waals surface area contributed by atoms with Crippen LogP contribution in [0.5, 0.6) is 0 Å². The molecule has 14 heavy (non-hydrogen) atoms. The Labute approximate surface area is 83.6 Å². The van der Waals surface area contributed by atoms with Crippen LogP contribution in [0, 0.1) is 0 Å². The van der Waals surface area contributed by atoms with Crippen LogP contribution in [0.15, 0.2) is 30.7 Å². The van der Waals surface area contributed by atoms with Gasteiger partial charge in [-0.05, 0) is 24.1 Å². The van der Waals surface area contributed by atoms with E-state index < -0.39 is 0 Å². The first kappa shape index (κ1) is 9.21. The molecule has 0 fully saturated rings. The molecule has 3 nitrogen and oxygen atoms in total. The lowest BCUT2D eigenvalue weighted by molar-refractivity contribution is 0.638. The Morgan fingerprint density at radius 2 is 2.36 bits per heavy atom. The lowest BCUT2D eigenvalue weighted by Gasteiger charge is -2.10. The minimum atomic E-state index is 0.140. The first-order chi connectivity index (χ1) is 6.81. The molecular weight excluding hydrogens is 174 g/mol. The largest absolute Gasteiger partial charge is 0.324 e. The molecule has 0 bridgehead atoms. The second kappa shape index (κ2) is 3.80. The van der Waals surface area contributed by atoms with Gasteiger partial charge in [0.15, 0.2) is 0 Å². The molecule has 0 aliphatic carbocycles. The number of pyridine rings is 1. The molecular formula is C11H15N3. The average Bonchev–Trinajstić information content (AvgIpc) is 2.64. The van der Waals surface area contributed by atoms with Crippen molar-refractivity contribution in [3.8, 4) is 0 Å². The molecule has 74 valence electrons. The quantitative estimate of drug-likeness (QED) is 0.803. The van der Waals surface area contributed by atoms with Gasteiger partial charge in [-0.1, -0.05) is 13.3 Å². The highest BCUT2D eigenvalue weighted by Gasteiger charge is 2.05. The van der Waals surface area contributed by atoms with E-state index in [0.717, 1.165) is 18.5 Å². The zero-order valence-corrected chi connectivity index (χ0v) is 8.35. The first-order valence-electron chi connectivity index (χ1n) is 4.99. The monoisotopic (exact) mass is 189 g/mol. The summed E-state index contributed by atoms with van der Waals surface area (Å²) in [6, 6.07) is 4.26. The normalized spacial score (nSPS) is 13.3. The molecule has 3 heteroatoms. The number of rotatable bonds is 3. The van der Waals surface area contributed by atoms with Crippen LogP contribution in [0.4, 0.5) is 0 Å². The maximum Gasteiger partial charge on any atom is 0.136 e. The van der Waals surface area contributed by atoms with Crippen molar-refractivity contribution in [2.24, 2.45) is 5.73 Å². The number of nitrogens with two attached hydrogens (primary N) is 1. The molecule has 0 aliphatic heterocycles. The van der Waals surface area contributed by atoms with Crippen molar-refractivity contribution in [2.45, 2.75) is 25.8 Å². The summed E-state index contributed by atoms with van der Waals surface area (Å²) >= 11 is 0. The highest BCUT2D eigenvalue weighted by molar-refractivity contribution is 5.42. The predicted octanol–water partition coefficient (Wildman–Crippen LogP) is 2.13. The van der Waals surface area contributed by atoms with Gasteiger partial charge in [-0.25, -0.2) is 4.98 Å². The van der Waals surface area contributed by atoms with E-state index in [0.29, 0.717) is 0 Å². The number of imidazole rings is 1. The summed E-state index contributed by atoms with van der Waals surface area (Å²) < 4.78 is 1.99. The molecule has 0 unspecified atom stereocenters. The van der Waals surface area contributed by atoms with Gasteiger partial charge in [-0.2, -0.15) is 0 Å². The minimum Gasteiger partial charge on any atom is -0.324 e. The minimum absolute atomic E-state index is 0.140. The van der Waals surface area contributed by atoms with Crippen molar-refractivity contribution in [3.05, 3.63) is 36.3 Å². The molecule has 2 heterocycles. The number of hydrogen-bond acceptors (Lipinski definition) is 2. The number of fused-ring (bicyclic) bond motifs is 1. The highest BCUT2D eigenvalue weighted by atomic mass is 15.0. The van der Waals surface area contributed by atoms with Gasteiger partial charge in [0.2, 0.25) is 0 Å². The van der Waals surface area contributed by atoms with Crippen LogP contribution >= 0.6 is 0 Å². The Morgan fingerprint density at radius 3 is 3.14 bits per heavy atom. The third-order valence-electron chi connectivity index (χ3n) is 2.45. The molecule has 0 radical (unpaired) electrons. The van der Waals surface area contributed by atoms with Gasteiger partial charge in [0.1, 0.15) is 5.65 Å². The molecule has 0 aromatic carbocycles. The zero-order valence-electron chi connectivity index (χ0n) is 8.35. The number of hydrogen-bond donors (Lipinski definition) is 1. The van der Waals surface area contributed by atoms with Crippen LogP contribution in [0.25, 0.3) is 5.65 Å². The van der Waals surface area contributed by atoms with Crippen molar-refractivity contribution >= 4 is 5.65 Å². The van der Waals surface area contributed by atoms with E-state index in [4.69, 9.17) is 5.73 Å². The molecule has 0 spiro atoms. The molecule has 2 N–H and O–H groups in total. The van der Waals surface area contributed by atoms with Gasteiger partial charge in [0.05, 0.1) is 0 Å². The van der Waals surface area contributed by atoms with Gasteiger partial charge in [0.25, 0.3) is 0 Å². The summed E-state index contributed by atoms with van der Waals surface area (Å²) in [5.41, 5.74) is 8.17. The molecule has 0 saturated heterocycles. The second-order valence-corrected chi connectivity index (χ2v) is 3.55. The SMILES string of the molecule is CCC[C@H](N)c1ccn2ccnc2c1. The molecule has 1 atom stereocenters. The van der Waals surface area contributed by atoms with Crippen molar-refractivity contribution in [1.29, 1.82) is 0 Å². The Balaban J connectivity index is 2.33. The maximum absolute atomic E-state index is 6.03. The van der Waals surface area contributed by atoms with E-state index in [1.54, 1.807) is 6.20 Å². The third-order valence-corrected chi connectivity index (χ3v) is 2.45. The Morgan fingerprint density at radius 1 is 1.50 bits per heavy atom. The fourth-order valence-corrected chi connectivity index (χ4v) is 1.63. The summed E-state index contributed by atoms with van der Waals surface area (Å²) in [7, 11) is 0. The summed E-state index contributed by atoms with van der Waals surface area (Å²) in [6.45, 7) is 2.15. The van der Waals surface area contributed by atoms with Crippen molar-refractivity contribution in [2.75, 3.05) is 0 Å². The summed E-state index contributed by atoms with van der Waals surface area (Å²) in [5.74, 6) is 0. The van der Waals surface area contributed by atoms with E-state index in [2.05, 4.69) is 24.0 Å². The van der Waals surface area contributed by atoms with Crippen LogP contribution in [-0.4, -0.2) is 9.38 Å². The average molecular weight is 189 g/mol. The standard InChI is InChI=1S/C11H15N3/c1-2-3-10(12)9-4-6-14-7-5-13-11(14)8-9/h4-8,10H,2-3,12H2,1H3/t10-/m0/s1. The molecule has 0 aliphatic rings. The molecule has 2 aromatic rings. The van der Waals surface area contributed by atoms with E-state index in [1.165, 1.54) is 5.56 Å². The zero-order chi connectivity index (χ0) is 9.97. The fraction of sp³-hybridized carbons (Fsp3) is 0.364. The van der Waals surface area contributed by atoms with Crippen molar-refractivity contribution in [3.63, 3.8) is 0 Å². The summed E-state index contributed by atoms with van der Waals surface area (Å²) in [5, 5.41) is 0. The Hall–Kier alpha value is -1.35. The molecule has 0 saturated carbocycles. The Kier molecular flexibility index (Phi) is 2.50. The number of aromatic nitrogens is 2. The van der Waals surface area contributed by atoms with Crippen LogP contribution in [0.2, 0.25) is 0 Å². The number of nitrogens with zero attached hydrogens (tertiary/aromatic N) is 2. The smallest absolute Gasteiger partial charge is 0.136 e. The maximum atomic E-state index is 6.03. The van der Waals surface area contributed by atoms with Crippen LogP contribution in [0.3, 0.4) is 0 Å². The molecule has 0 amide bonds.